The standard InChI is InChI=1S/C17H18ClN3O2/c18-16-6-5-12(17(19)23)13(21-16)8-15(22)14-7-10-3-1-2-4-11(10)9-20-14/h1-6,14-15,20,22H,7-9H2,(H2,19,23). The van der Waals surface area contributed by atoms with Crippen molar-refractivity contribution in [3.05, 3.63) is 63.9 Å². The maximum Gasteiger partial charge on any atom is 0.250 e. The van der Waals surface area contributed by atoms with Gasteiger partial charge in [-0.1, -0.05) is 35.9 Å². The first-order valence-corrected chi connectivity index (χ1v) is 7.86. The number of fused-ring (bicyclic) bond motifs is 1. The number of pyridine rings is 1. The Bertz CT molecular complexity index is 736. The van der Waals surface area contributed by atoms with E-state index in [0.29, 0.717) is 17.8 Å². The predicted molar refractivity (Wildman–Crippen MR) is 88.2 cm³/mol. The van der Waals surface area contributed by atoms with E-state index in [-0.39, 0.29) is 17.6 Å². The summed E-state index contributed by atoms with van der Waals surface area (Å²) in [6.45, 7) is 0.712. The van der Waals surface area contributed by atoms with Crippen molar-refractivity contribution in [3.63, 3.8) is 0 Å². The number of benzene rings is 1. The van der Waals surface area contributed by atoms with Gasteiger partial charge >= 0.3 is 0 Å². The van der Waals surface area contributed by atoms with Gasteiger partial charge in [0.25, 0.3) is 5.91 Å². The van der Waals surface area contributed by atoms with Crippen molar-refractivity contribution in [3.8, 4) is 0 Å². The maximum absolute atomic E-state index is 11.5. The Balaban J connectivity index is 1.77. The quantitative estimate of drug-likeness (QED) is 0.740. The highest BCUT2D eigenvalue weighted by Gasteiger charge is 2.26. The van der Waals surface area contributed by atoms with E-state index in [9.17, 15) is 9.90 Å². The lowest BCUT2D eigenvalue weighted by atomic mass is 9.91. The van der Waals surface area contributed by atoms with Crippen molar-refractivity contribution >= 4 is 17.5 Å². The van der Waals surface area contributed by atoms with Gasteiger partial charge in [0.2, 0.25) is 0 Å². The number of nitrogens with zero attached hydrogens (tertiary/aromatic N) is 1. The third kappa shape index (κ3) is 3.52. The van der Waals surface area contributed by atoms with Crippen LogP contribution in [0.2, 0.25) is 5.15 Å². The van der Waals surface area contributed by atoms with Gasteiger partial charge in [-0.2, -0.15) is 0 Å². The first-order valence-electron chi connectivity index (χ1n) is 7.48. The lowest BCUT2D eigenvalue weighted by Crippen LogP contribution is -2.45. The second kappa shape index (κ2) is 6.66. The summed E-state index contributed by atoms with van der Waals surface area (Å²) >= 11 is 5.90. The molecular weight excluding hydrogens is 314 g/mol. The van der Waals surface area contributed by atoms with Gasteiger partial charge in [-0.25, -0.2) is 4.98 Å². The number of carbonyl (C=O) groups excluding carboxylic acids is 1. The Morgan fingerprint density at radius 1 is 1.35 bits per heavy atom. The smallest absolute Gasteiger partial charge is 0.250 e. The molecule has 0 saturated heterocycles. The number of halogens is 1. The number of primary amides is 1. The fourth-order valence-corrected chi connectivity index (χ4v) is 3.11. The first kappa shape index (κ1) is 15.9. The van der Waals surface area contributed by atoms with Crippen LogP contribution < -0.4 is 11.1 Å². The fraction of sp³-hybridized carbons (Fsp3) is 0.294. The zero-order chi connectivity index (χ0) is 16.4. The number of amides is 1. The molecule has 0 fully saturated rings. The zero-order valence-electron chi connectivity index (χ0n) is 12.5. The molecule has 1 amide bonds. The van der Waals surface area contributed by atoms with Crippen molar-refractivity contribution in [2.75, 3.05) is 0 Å². The normalized spacial score (nSPS) is 18.3. The van der Waals surface area contributed by atoms with Crippen LogP contribution in [0.5, 0.6) is 0 Å². The summed E-state index contributed by atoms with van der Waals surface area (Å²) in [6, 6.07) is 11.1. The Hall–Kier alpha value is -1.95. The first-order chi connectivity index (χ1) is 11.0. The largest absolute Gasteiger partial charge is 0.391 e. The van der Waals surface area contributed by atoms with Crippen molar-refractivity contribution in [2.45, 2.75) is 31.5 Å². The van der Waals surface area contributed by atoms with Gasteiger partial charge in [0, 0.05) is 19.0 Å². The SMILES string of the molecule is NC(=O)c1ccc(Cl)nc1CC(O)C1Cc2ccccc2CN1. The van der Waals surface area contributed by atoms with Crippen molar-refractivity contribution < 1.29 is 9.90 Å². The molecule has 2 unspecified atom stereocenters. The molecule has 2 aromatic rings. The molecule has 2 atom stereocenters. The summed E-state index contributed by atoms with van der Waals surface area (Å²) < 4.78 is 0. The average molecular weight is 332 g/mol. The van der Waals surface area contributed by atoms with Crippen LogP contribution in [0.15, 0.2) is 36.4 Å². The molecular formula is C17H18ClN3O2. The average Bonchev–Trinajstić information content (AvgIpc) is 2.54. The van der Waals surface area contributed by atoms with Crippen LogP contribution in [0.3, 0.4) is 0 Å². The van der Waals surface area contributed by atoms with Crippen LogP contribution >= 0.6 is 11.6 Å². The van der Waals surface area contributed by atoms with E-state index in [2.05, 4.69) is 22.4 Å². The van der Waals surface area contributed by atoms with Crippen LogP contribution in [0.25, 0.3) is 0 Å². The number of hydrogen-bond donors (Lipinski definition) is 3. The number of rotatable bonds is 4. The molecule has 1 aromatic carbocycles. The molecule has 0 spiro atoms. The number of aliphatic hydroxyl groups excluding tert-OH is 1. The van der Waals surface area contributed by atoms with Gasteiger partial charge in [0.1, 0.15) is 5.15 Å². The van der Waals surface area contributed by atoms with E-state index in [1.54, 1.807) is 6.07 Å². The molecule has 0 saturated carbocycles. The second-order valence-electron chi connectivity index (χ2n) is 5.72. The lowest BCUT2D eigenvalue weighted by Gasteiger charge is -2.30. The van der Waals surface area contributed by atoms with Crippen molar-refractivity contribution in [2.24, 2.45) is 5.73 Å². The van der Waals surface area contributed by atoms with Gasteiger partial charge in [-0.15, -0.1) is 0 Å². The highest BCUT2D eigenvalue weighted by Crippen LogP contribution is 2.20. The number of nitrogens with two attached hydrogens (primary N) is 1. The van der Waals surface area contributed by atoms with E-state index < -0.39 is 12.0 Å². The van der Waals surface area contributed by atoms with Gasteiger partial charge in [0.15, 0.2) is 0 Å². The third-order valence-electron chi connectivity index (χ3n) is 4.19. The molecule has 23 heavy (non-hydrogen) atoms. The maximum atomic E-state index is 11.5. The molecule has 5 nitrogen and oxygen atoms in total. The van der Waals surface area contributed by atoms with Gasteiger partial charge in [-0.3, -0.25) is 4.79 Å². The van der Waals surface area contributed by atoms with Crippen LogP contribution in [0.4, 0.5) is 0 Å². The van der Waals surface area contributed by atoms with Crippen LogP contribution in [0, 0.1) is 0 Å². The summed E-state index contributed by atoms with van der Waals surface area (Å²) in [7, 11) is 0. The number of aromatic nitrogens is 1. The minimum atomic E-state index is -0.688. The minimum Gasteiger partial charge on any atom is -0.391 e. The zero-order valence-corrected chi connectivity index (χ0v) is 13.3. The van der Waals surface area contributed by atoms with E-state index in [1.165, 1.54) is 17.2 Å². The van der Waals surface area contributed by atoms with E-state index in [4.69, 9.17) is 17.3 Å². The monoisotopic (exact) mass is 331 g/mol. The van der Waals surface area contributed by atoms with Gasteiger partial charge < -0.3 is 16.2 Å². The third-order valence-corrected chi connectivity index (χ3v) is 4.40. The molecule has 1 aliphatic heterocycles. The van der Waals surface area contributed by atoms with Crippen LogP contribution in [0.1, 0.15) is 27.2 Å². The van der Waals surface area contributed by atoms with Crippen LogP contribution in [-0.2, 0) is 19.4 Å². The Kier molecular flexibility index (Phi) is 4.61. The van der Waals surface area contributed by atoms with Crippen molar-refractivity contribution in [1.82, 2.24) is 10.3 Å². The summed E-state index contributed by atoms with van der Waals surface area (Å²) in [5.74, 6) is -0.571. The summed E-state index contributed by atoms with van der Waals surface area (Å²) in [6.07, 6.45) is 0.259. The molecule has 0 bridgehead atoms. The Morgan fingerprint density at radius 2 is 2.09 bits per heavy atom. The summed E-state index contributed by atoms with van der Waals surface area (Å²) in [5.41, 5.74) is 8.56. The fourth-order valence-electron chi connectivity index (χ4n) is 2.95. The van der Waals surface area contributed by atoms with E-state index in [0.717, 1.165) is 6.42 Å². The van der Waals surface area contributed by atoms with Crippen LogP contribution in [-0.4, -0.2) is 28.1 Å². The molecule has 4 N–H and O–H groups in total. The lowest BCUT2D eigenvalue weighted by molar-refractivity contribution is 0.0994. The summed E-state index contributed by atoms with van der Waals surface area (Å²) in [4.78, 5) is 15.6. The molecule has 2 heterocycles. The summed E-state index contributed by atoms with van der Waals surface area (Å²) in [5, 5.41) is 14.2. The number of aliphatic hydroxyl groups is 1. The molecule has 1 aliphatic rings. The minimum absolute atomic E-state index is 0.105. The molecule has 1 aromatic heterocycles. The highest BCUT2D eigenvalue weighted by molar-refractivity contribution is 6.29. The highest BCUT2D eigenvalue weighted by atomic mass is 35.5. The van der Waals surface area contributed by atoms with Gasteiger partial charge in [0.05, 0.1) is 17.4 Å². The van der Waals surface area contributed by atoms with Gasteiger partial charge in [-0.05, 0) is 29.7 Å². The topological polar surface area (TPSA) is 88.2 Å². The molecule has 6 heteroatoms. The Labute approximate surface area is 139 Å². The molecule has 120 valence electrons. The number of nitrogens with one attached hydrogen (secondary N) is 1. The Morgan fingerprint density at radius 3 is 2.83 bits per heavy atom. The molecule has 0 radical (unpaired) electrons. The predicted octanol–water partition coefficient (Wildman–Crippen LogP) is 1.45. The molecule has 0 aliphatic carbocycles. The number of carbonyl (C=O) groups is 1. The van der Waals surface area contributed by atoms with E-state index in [1.807, 2.05) is 12.1 Å². The number of hydrogen-bond acceptors (Lipinski definition) is 4. The van der Waals surface area contributed by atoms with Crippen molar-refractivity contribution in [1.29, 1.82) is 0 Å². The van der Waals surface area contributed by atoms with E-state index >= 15 is 0 Å². The second-order valence-corrected chi connectivity index (χ2v) is 6.11. The molecule has 3 rings (SSSR count).